The van der Waals surface area contributed by atoms with E-state index in [0.29, 0.717) is 6.61 Å². The molecule has 1 atom stereocenters. The predicted molar refractivity (Wildman–Crippen MR) is 62.0 cm³/mol. The van der Waals surface area contributed by atoms with E-state index in [1.165, 1.54) is 25.8 Å². The SMILES string of the molecule is CC(C)CC1CCCN1CCOCCO. The molecule has 0 aliphatic carbocycles. The first-order chi connectivity index (χ1) is 7.24. The lowest BCUT2D eigenvalue weighted by Gasteiger charge is -2.25. The van der Waals surface area contributed by atoms with Gasteiger partial charge >= 0.3 is 0 Å². The molecule has 0 aromatic heterocycles. The first-order valence-electron chi connectivity index (χ1n) is 6.16. The van der Waals surface area contributed by atoms with E-state index in [9.17, 15) is 0 Å². The first kappa shape index (κ1) is 12.9. The Morgan fingerprint density at radius 3 is 2.87 bits per heavy atom. The smallest absolute Gasteiger partial charge is 0.0698 e. The van der Waals surface area contributed by atoms with Crippen LogP contribution in [0.5, 0.6) is 0 Å². The Labute approximate surface area is 93.4 Å². The summed E-state index contributed by atoms with van der Waals surface area (Å²) < 4.78 is 5.31. The summed E-state index contributed by atoms with van der Waals surface area (Å²) in [5.41, 5.74) is 0. The Balaban J connectivity index is 2.15. The van der Waals surface area contributed by atoms with Gasteiger partial charge in [0.2, 0.25) is 0 Å². The molecule has 0 saturated carbocycles. The van der Waals surface area contributed by atoms with E-state index in [2.05, 4.69) is 18.7 Å². The molecule has 1 saturated heterocycles. The van der Waals surface area contributed by atoms with Crippen LogP contribution in [0, 0.1) is 5.92 Å². The second-order valence-corrected chi connectivity index (χ2v) is 4.80. The van der Waals surface area contributed by atoms with Gasteiger partial charge in [-0.15, -0.1) is 0 Å². The van der Waals surface area contributed by atoms with Gasteiger partial charge in [0.25, 0.3) is 0 Å². The lowest BCUT2D eigenvalue weighted by atomic mass is 10.0. The Morgan fingerprint density at radius 1 is 1.40 bits per heavy atom. The number of rotatable bonds is 7. The van der Waals surface area contributed by atoms with Gasteiger partial charge in [0.1, 0.15) is 0 Å². The zero-order chi connectivity index (χ0) is 11.1. The molecule has 1 N–H and O–H groups in total. The normalized spacial score (nSPS) is 22.8. The van der Waals surface area contributed by atoms with Gasteiger partial charge in [0, 0.05) is 12.6 Å². The molecule has 0 radical (unpaired) electrons. The summed E-state index contributed by atoms with van der Waals surface area (Å²) in [6.45, 7) is 8.20. The molecule has 1 rings (SSSR count). The molecule has 0 bridgehead atoms. The van der Waals surface area contributed by atoms with Crippen LogP contribution in [-0.2, 0) is 4.74 Å². The summed E-state index contributed by atoms with van der Waals surface area (Å²) >= 11 is 0. The highest BCUT2D eigenvalue weighted by Crippen LogP contribution is 2.22. The first-order valence-corrected chi connectivity index (χ1v) is 6.16. The summed E-state index contributed by atoms with van der Waals surface area (Å²) in [6.07, 6.45) is 3.98. The maximum absolute atomic E-state index is 8.59. The molecule has 1 fully saturated rings. The molecule has 3 heteroatoms. The fraction of sp³-hybridized carbons (Fsp3) is 1.00. The van der Waals surface area contributed by atoms with Crippen LogP contribution in [0.2, 0.25) is 0 Å². The summed E-state index contributed by atoms with van der Waals surface area (Å²) in [7, 11) is 0. The summed E-state index contributed by atoms with van der Waals surface area (Å²) in [6, 6.07) is 0.766. The van der Waals surface area contributed by atoms with E-state index in [4.69, 9.17) is 9.84 Å². The van der Waals surface area contributed by atoms with Crippen LogP contribution >= 0.6 is 0 Å². The van der Waals surface area contributed by atoms with Crippen LogP contribution < -0.4 is 0 Å². The number of nitrogens with zero attached hydrogens (tertiary/aromatic N) is 1. The van der Waals surface area contributed by atoms with Gasteiger partial charge in [-0.05, 0) is 31.7 Å². The largest absolute Gasteiger partial charge is 0.394 e. The quantitative estimate of drug-likeness (QED) is 0.653. The molecule has 15 heavy (non-hydrogen) atoms. The van der Waals surface area contributed by atoms with E-state index >= 15 is 0 Å². The van der Waals surface area contributed by atoms with Crippen LogP contribution in [0.3, 0.4) is 0 Å². The molecule has 90 valence electrons. The van der Waals surface area contributed by atoms with Crippen molar-refractivity contribution in [2.24, 2.45) is 5.92 Å². The van der Waals surface area contributed by atoms with E-state index in [0.717, 1.165) is 25.1 Å². The number of aliphatic hydroxyl groups excluding tert-OH is 1. The Bertz CT molecular complexity index is 162. The highest BCUT2D eigenvalue weighted by Gasteiger charge is 2.24. The minimum absolute atomic E-state index is 0.134. The number of aliphatic hydroxyl groups is 1. The van der Waals surface area contributed by atoms with Gasteiger partial charge < -0.3 is 9.84 Å². The van der Waals surface area contributed by atoms with Crippen molar-refractivity contribution in [1.82, 2.24) is 4.90 Å². The molecule has 0 spiro atoms. The van der Waals surface area contributed by atoms with Crippen molar-refractivity contribution in [1.29, 1.82) is 0 Å². The van der Waals surface area contributed by atoms with Gasteiger partial charge in [0.05, 0.1) is 19.8 Å². The molecule has 1 aliphatic heterocycles. The van der Waals surface area contributed by atoms with E-state index in [1.54, 1.807) is 0 Å². The van der Waals surface area contributed by atoms with Crippen LogP contribution in [0.15, 0.2) is 0 Å². The molecule has 0 amide bonds. The van der Waals surface area contributed by atoms with Gasteiger partial charge in [0.15, 0.2) is 0 Å². The minimum Gasteiger partial charge on any atom is -0.394 e. The van der Waals surface area contributed by atoms with Gasteiger partial charge in [-0.1, -0.05) is 13.8 Å². The van der Waals surface area contributed by atoms with Crippen LogP contribution in [0.1, 0.15) is 33.1 Å². The molecule has 1 unspecified atom stereocenters. The minimum atomic E-state index is 0.134. The molecule has 0 aromatic rings. The number of ether oxygens (including phenoxy) is 1. The maximum atomic E-state index is 8.59. The van der Waals surface area contributed by atoms with Crippen molar-refractivity contribution >= 4 is 0 Å². The second-order valence-electron chi connectivity index (χ2n) is 4.80. The zero-order valence-electron chi connectivity index (χ0n) is 10.1. The Kier molecular flexibility index (Phi) is 6.22. The van der Waals surface area contributed by atoms with Gasteiger partial charge in [-0.3, -0.25) is 4.90 Å². The standard InChI is InChI=1S/C12H25NO2/c1-11(2)10-12-4-3-5-13(12)6-8-15-9-7-14/h11-12,14H,3-10H2,1-2H3. The average molecular weight is 215 g/mol. The van der Waals surface area contributed by atoms with Crippen molar-refractivity contribution in [2.45, 2.75) is 39.2 Å². The molecule has 0 aromatic carbocycles. The van der Waals surface area contributed by atoms with Crippen LogP contribution in [-0.4, -0.2) is 49.0 Å². The number of likely N-dealkylation sites (tertiary alicyclic amines) is 1. The molecular weight excluding hydrogens is 190 g/mol. The number of hydrogen-bond donors (Lipinski definition) is 1. The van der Waals surface area contributed by atoms with Crippen LogP contribution in [0.25, 0.3) is 0 Å². The van der Waals surface area contributed by atoms with Crippen molar-refractivity contribution in [3.63, 3.8) is 0 Å². The third-order valence-electron chi connectivity index (χ3n) is 3.00. The van der Waals surface area contributed by atoms with Crippen LogP contribution in [0.4, 0.5) is 0 Å². The third-order valence-corrected chi connectivity index (χ3v) is 3.00. The Hall–Kier alpha value is -0.120. The Morgan fingerprint density at radius 2 is 2.20 bits per heavy atom. The van der Waals surface area contributed by atoms with Gasteiger partial charge in [-0.2, -0.15) is 0 Å². The lowest BCUT2D eigenvalue weighted by Crippen LogP contribution is -2.33. The number of hydrogen-bond acceptors (Lipinski definition) is 3. The van der Waals surface area contributed by atoms with E-state index < -0.39 is 0 Å². The molecule has 1 heterocycles. The fourth-order valence-corrected chi connectivity index (χ4v) is 2.35. The molecule has 3 nitrogen and oxygen atoms in total. The predicted octanol–water partition coefficient (Wildman–Crippen LogP) is 1.51. The van der Waals surface area contributed by atoms with Crippen molar-refractivity contribution in [3.8, 4) is 0 Å². The van der Waals surface area contributed by atoms with E-state index in [1.807, 2.05) is 0 Å². The second kappa shape index (κ2) is 7.20. The molecule has 1 aliphatic rings. The maximum Gasteiger partial charge on any atom is 0.0698 e. The summed E-state index contributed by atoms with van der Waals surface area (Å²) in [5, 5.41) is 8.59. The summed E-state index contributed by atoms with van der Waals surface area (Å²) in [5.74, 6) is 0.786. The molecular formula is C12H25NO2. The zero-order valence-corrected chi connectivity index (χ0v) is 10.1. The van der Waals surface area contributed by atoms with E-state index in [-0.39, 0.29) is 6.61 Å². The monoisotopic (exact) mass is 215 g/mol. The average Bonchev–Trinajstić information content (AvgIpc) is 2.59. The third kappa shape index (κ3) is 4.96. The highest BCUT2D eigenvalue weighted by molar-refractivity contribution is 4.79. The highest BCUT2D eigenvalue weighted by atomic mass is 16.5. The fourth-order valence-electron chi connectivity index (χ4n) is 2.35. The van der Waals surface area contributed by atoms with Crippen molar-refractivity contribution in [3.05, 3.63) is 0 Å². The summed E-state index contributed by atoms with van der Waals surface area (Å²) in [4.78, 5) is 2.54. The van der Waals surface area contributed by atoms with Crippen molar-refractivity contribution < 1.29 is 9.84 Å². The lowest BCUT2D eigenvalue weighted by molar-refractivity contribution is 0.0690. The van der Waals surface area contributed by atoms with Crippen molar-refractivity contribution in [2.75, 3.05) is 32.9 Å². The topological polar surface area (TPSA) is 32.7 Å². The van der Waals surface area contributed by atoms with Gasteiger partial charge in [-0.25, -0.2) is 0 Å².